The molecule has 0 fully saturated rings. The maximum atomic E-state index is 10.5. The highest BCUT2D eigenvalue weighted by Gasteiger charge is 2.16. The van der Waals surface area contributed by atoms with Gasteiger partial charge in [0.1, 0.15) is 6.10 Å². The molecule has 0 radical (unpaired) electrons. The van der Waals surface area contributed by atoms with Crippen molar-refractivity contribution >= 4 is 21.9 Å². The number of aliphatic hydroxyl groups excluding tert-OH is 1. The van der Waals surface area contributed by atoms with Crippen molar-refractivity contribution in [3.8, 4) is 0 Å². The summed E-state index contributed by atoms with van der Waals surface area (Å²) in [6.07, 6.45) is -1.15. The molecular formula is C10H9BrO3. The number of hydrogen-bond acceptors (Lipinski definition) is 2. The van der Waals surface area contributed by atoms with E-state index >= 15 is 0 Å². The SMILES string of the molecule is C=C(C(=O)O)C(O)c1ccc(Br)cc1. The Kier molecular flexibility index (Phi) is 3.43. The zero-order chi connectivity index (χ0) is 10.7. The Bertz CT molecular complexity index is 356. The first-order valence-electron chi connectivity index (χ1n) is 3.88. The van der Waals surface area contributed by atoms with E-state index in [1.54, 1.807) is 24.3 Å². The average molecular weight is 257 g/mol. The molecule has 0 saturated heterocycles. The number of carbonyl (C=O) groups is 1. The molecule has 0 aliphatic heterocycles. The number of aliphatic hydroxyl groups is 1. The first-order valence-corrected chi connectivity index (χ1v) is 4.67. The summed E-state index contributed by atoms with van der Waals surface area (Å²) in [5, 5.41) is 18.2. The maximum absolute atomic E-state index is 10.5. The topological polar surface area (TPSA) is 57.5 Å². The lowest BCUT2D eigenvalue weighted by atomic mass is 10.0. The van der Waals surface area contributed by atoms with Gasteiger partial charge < -0.3 is 10.2 Å². The smallest absolute Gasteiger partial charge is 0.333 e. The molecular weight excluding hydrogens is 248 g/mol. The molecule has 1 unspecified atom stereocenters. The van der Waals surface area contributed by atoms with Crippen LogP contribution in [0.2, 0.25) is 0 Å². The third kappa shape index (κ3) is 2.43. The van der Waals surface area contributed by atoms with E-state index in [4.69, 9.17) is 5.11 Å². The van der Waals surface area contributed by atoms with Crippen LogP contribution in [0.25, 0.3) is 0 Å². The summed E-state index contributed by atoms with van der Waals surface area (Å²) >= 11 is 3.24. The highest BCUT2D eigenvalue weighted by Crippen LogP contribution is 2.22. The van der Waals surface area contributed by atoms with E-state index in [9.17, 15) is 9.90 Å². The fourth-order valence-corrected chi connectivity index (χ4v) is 1.23. The molecule has 3 nitrogen and oxygen atoms in total. The summed E-state index contributed by atoms with van der Waals surface area (Å²) in [5.74, 6) is -1.19. The van der Waals surface area contributed by atoms with Gasteiger partial charge in [0.25, 0.3) is 0 Å². The molecule has 0 bridgehead atoms. The van der Waals surface area contributed by atoms with Crippen molar-refractivity contribution < 1.29 is 15.0 Å². The van der Waals surface area contributed by atoms with E-state index in [0.29, 0.717) is 5.56 Å². The van der Waals surface area contributed by atoms with Gasteiger partial charge in [-0.05, 0) is 17.7 Å². The van der Waals surface area contributed by atoms with E-state index in [-0.39, 0.29) is 5.57 Å². The fraction of sp³-hybridized carbons (Fsp3) is 0.100. The standard InChI is InChI=1S/C10H9BrO3/c1-6(10(13)14)9(12)7-2-4-8(11)5-3-7/h2-5,9,12H,1H2,(H,13,14). The van der Waals surface area contributed by atoms with Gasteiger partial charge in [0, 0.05) is 4.47 Å². The Labute approximate surface area is 89.8 Å². The number of aliphatic carboxylic acids is 1. The zero-order valence-electron chi connectivity index (χ0n) is 7.27. The number of benzene rings is 1. The minimum Gasteiger partial charge on any atom is -0.478 e. The van der Waals surface area contributed by atoms with Crippen molar-refractivity contribution in [3.63, 3.8) is 0 Å². The van der Waals surface area contributed by atoms with Crippen LogP contribution in [0.3, 0.4) is 0 Å². The number of hydrogen-bond donors (Lipinski definition) is 2. The van der Waals surface area contributed by atoms with E-state index < -0.39 is 12.1 Å². The van der Waals surface area contributed by atoms with Crippen LogP contribution in [0.4, 0.5) is 0 Å². The predicted octanol–water partition coefficient (Wildman–Crippen LogP) is 2.12. The second-order valence-electron chi connectivity index (χ2n) is 2.78. The third-order valence-corrected chi connectivity index (χ3v) is 2.32. The van der Waals surface area contributed by atoms with Gasteiger partial charge >= 0.3 is 5.97 Å². The summed E-state index contributed by atoms with van der Waals surface area (Å²) in [4.78, 5) is 10.5. The second-order valence-corrected chi connectivity index (χ2v) is 3.70. The van der Waals surface area contributed by atoms with Crippen LogP contribution in [0.5, 0.6) is 0 Å². The molecule has 0 amide bonds. The minimum atomic E-state index is -1.19. The van der Waals surface area contributed by atoms with Crippen LogP contribution in [0.15, 0.2) is 40.9 Å². The van der Waals surface area contributed by atoms with E-state index in [1.165, 1.54) is 0 Å². The minimum absolute atomic E-state index is 0.229. The fourth-order valence-electron chi connectivity index (χ4n) is 0.963. The lowest BCUT2D eigenvalue weighted by Gasteiger charge is -2.10. The van der Waals surface area contributed by atoms with Crippen molar-refractivity contribution in [2.45, 2.75) is 6.10 Å². The van der Waals surface area contributed by atoms with Crippen LogP contribution >= 0.6 is 15.9 Å². The van der Waals surface area contributed by atoms with Gasteiger partial charge in [0.15, 0.2) is 0 Å². The molecule has 0 aliphatic rings. The second kappa shape index (κ2) is 4.39. The molecule has 1 aromatic rings. The lowest BCUT2D eigenvalue weighted by molar-refractivity contribution is -0.133. The van der Waals surface area contributed by atoms with Gasteiger partial charge in [-0.25, -0.2) is 4.79 Å². The Morgan fingerprint density at radius 1 is 1.36 bits per heavy atom. The van der Waals surface area contributed by atoms with Crippen LogP contribution < -0.4 is 0 Å². The summed E-state index contributed by atoms with van der Waals surface area (Å²) < 4.78 is 0.870. The molecule has 0 spiro atoms. The van der Waals surface area contributed by atoms with Crippen molar-refractivity contribution in [3.05, 3.63) is 46.5 Å². The van der Waals surface area contributed by atoms with Gasteiger partial charge in [-0.15, -0.1) is 0 Å². The van der Waals surface area contributed by atoms with Crippen LogP contribution in [-0.2, 0) is 4.79 Å². The van der Waals surface area contributed by atoms with Crippen LogP contribution in [0.1, 0.15) is 11.7 Å². The van der Waals surface area contributed by atoms with E-state index in [1.807, 2.05) is 0 Å². The quantitative estimate of drug-likeness (QED) is 0.815. The molecule has 2 N–H and O–H groups in total. The summed E-state index contributed by atoms with van der Waals surface area (Å²) in [6.45, 7) is 3.29. The molecule has 1 aromatic carbocycles. The normalized spacial score (nSPS) is 12.1. The number of rotatable bonds is 3. The van der Waals surface area contributed by atoms with Gasteiger partial charge in [0.2, 0.25) is 0 Å². The molecule has 74 valence electrons. The maximum Gasteiger partial charge on any atom is 0.333 e. The van der Waals surface area contributed by atoms with E-state index in [2.05, 4.69) is 22.5 Å². The molecule has 0 heterocycles. The molecule has 0 aliphatic carbocycles. The van der Waals surface area contributed by atoms with Gasteiger partial charge in [-0.2, -0.15) is 0 Å². The number of carboxylic acid groups (broad SMARTS) is 1. The molecule has 0 saturated carbocycles. The molecule has 4 heteroatoms. The lowest BCUT2D eigenvalue weighted by Crippen LogP contribution is -2.09. The number of halogens is 1. The van der Waals surface area contributed by atoms with Gasteiger partial charge in [-0.3, -0.25) is 0 Å². The van der Waals surface area contributed by atoms with E-state index in [0.717, 1.165) is 4.47 Å². The molecule has 14 heavy (non-hydrogen) atoms. The summed E-state index contributed by atoms with van der Waals surface area (Å²) in [7, 11) is 0. The molecule has 1 atom stereocenters. The van der Waals surface area contributed by atoms with Crippen molar-refractivity contribution in [1.29, 1.82) is 0 Å². The first-order chi connectivity index (χ1) is 6.52. The largest absolute Gasteiger partial charge is 0.478 e. The Balaban J connectivity index is 2.89. The van der Waals surface area contributed by atoms with Crippen LogP contribution in [0, 0.1) is 0 Å². The highest BCUT2D eigenvalue weighted by atomic mass is 79.9. The Morgan fingerprint density at radius 2 is 1.86 bits per heavy atom. The average Bonchev–Trinajstić information content (AvgIpc) is 2.16. The van der Waals surface area contributed by atoms with Gasteiger partial charge in [-0.1, -0.05) is 34.6 Å². The zero-order valence-corrected chi connectivity index (χ0v) is 8.86. The number of carboxylic acids is 1. The van der Waals surface area contributed by atoms with Crippen molar-refractivity contribution in [2.75, 3.05) is 0 Å². The van der Waals surface area contributed by atoms with Gasteiger partial charge in [0.05, 0.1) is 5.57 Å². The predicted molar refractivity (Wildman–Crippen MR) is 55.9 cm³/mol. The first kappa shape index (κ1) is 10.9. The van der Waals surface area contributed by atoms with Crippen molar-refractivity contribution in [2.24, 2.45) is 0 Å². The third-order valence-electron chi connectivity index (χ3n) is 1.79. The molecule has 1 rings (SSSR count). The van der Waals surface area contributed by atoms with Crippen LogP contribution in [-0.4, -0.2) is 16.2 Å². The Morgan fingerprint density at radius 3 is 2.29 bits per heavy atom. The highest BCUT2D eigenvalue weighted by molar-refractivity contribution is 9.10. The molecule has 0 aromatic heterocycles. The monoisotopic (exact) mass is 256 g/mol. The Hall–Kier alpha value is -1.13. The summed E-state index contributed by atoms with van der Waals surface area (Å²) in [6, 6.07) is 6.74. The summed E-state index contributed by atoms with van der Waals surface area (Å²) in [5.41, 5.74) is 0.285. The van der Waals surface area contributed by atoms with Crippen molar-refractivity contribution in [1.82, 2.24) is 0 Å².